The minimum atomic E-state index is -4.88. The minimum absolute atomic E-state index is 0.267. The number of rotatable bonds is 12. The highest BCUT2D eigenvalue weighted by molar-refractivity contribution is 7.93. The maximum Gasteiger partial charge on any atom is 0.346 e. The largest absolute Gasteiger partial charge is 0.346 e. The van der Waals surface area contributed by atoms with Gasteiger partial charge in [-0.05, 0) is 63.0 Å². The van der Waals surface area contributed by atoms with Gasteiger partial charge >= 0.3 is 7.60 Å². The molecule has 0 spiro atoms. The third kappa shape index (κ3) is 9.67. The van der Waals surface area contributed by atoms with Crippen LogP contribution < -0.4 is 0 Å². The van der Waals surface area contributed by atoms with Crippen LogP contribution in [-0.2, 0) is 27.5 Å². The molecule has 0 saturated carbocycles. The third-order valence-electron chi connectivity index (χ3n) is 4.47. The van der Waals surface area contributed by atoms with Gasteiger partial charge in [0.2, 0.25) is 0 Å². The number of allylic oxidation sites excluding steroid dienone is 2. The van der Waals surface area contributed by atoms with E-state index in [1.165, 1.54) is 11.1 Å². The molecule has 0 aliphatic carbocycles. The normalized spacial score (nSPS) is 14.3. The second kappa shape index (κ2) is 11.1. The Hall–Kier alpha value is -0.980. The maximum atomic E-state index is 11.2. The van der Waals surface area contributed by atoms with Gasteiger partial charge in [0.15, 0.2) is 4.99 Å². The average Bonchev–Trinajstić information content (AvgIpc) is 2.54. The molecule has 0 fully saturated rings. The van der Waals surface area contributed by atoms with E-state index < -0.39 is 22.7 Å². The Labute approximate surface area is 162 Å². The van der Waals surface area contributed by atoms with E-state index in [0.29, 0.717) is 6.42 Å². The molecule has 0 radical (unpaired) electrons. The van der Waals surface area contributed by atoms with Crippen LogP contribution in [0.5, 0.6) is 0 Å². The summed E-state index contributed by atoms with van der Waals surface area (Å²) in [5.41, 5.74) is 3.83. The highest BCUT2D eigenvalue weighted by atomic mass is 32.2. The van der Waals surface area contributed by atoms with Gasteiger partial charge in [0, 0.05) is 0 Å². The van der Waals surface area contributed by atoms with Crippen LogP contribution in [0.25, 0.3) is 0 Å². The van der Waals surface area contributed by atoms with Crippen molar-refractivity contribution in [1.29, 1.82) is 0 Å². The smallest absolute Gasteiger partial charge is 0.323 e. The summed E-state index contributed by atoms with van der Waals surface area (Å²) in [6.45, 7) is 4.16. The van der Waals surface area contributed by atoms with Gasteiger partial charge in [0.25, 0.3) is 10.1 Å². The predicted molar refractivity (Wildman–Crippen MR) is 108 cm³/mol. The van der Waals surface area contributed by atoms with E-state index in [2.05, 4.69) is 31.2 Å². The number of benzene rings is 1. The molecule has 3 N–H and O–H groups in total. The van der Waals surface area contributed by atoms with Crippen LogP contribution in [0.1, 0.15) is 63.5 Å². The molecule has 1 atom stereocenters. The van der Waals surface area contributed by atoms with Gasteiger partial charge in [-0.3, -0.25) is 9.12 Å². The number of hydrogen-bond donors (Lipinski definition) is 3. The molecule has 0 bridgehead atoms. The molecule has 1 aromatic carbocycles. The first-order chi connectivity index (χ1) is 12.5. The van der Waals surface area contributed by atoms with E-state index in [1.54, 1.807) is 0 Å². The van der Waals surface area contributed by atoms with E-state index in [4.69, 9.17) is 14.3 Å². The Kier molecular flexibility index (Phi) is 9.91. The van der Waals surface area contributed by atoms with Crippen molar-refractivity contribution in [1.82, 2.24) is 0 Å². The zero-order valence-electron chi connectivity index (χ0n) is 16.0. The fourth-order valence-electron chi connectivity index (χ4n) is 2.97. The summed E-state index contributed by atoms with van der Waals surface area (Å²) in [5, 5.41) is 0. The van der Waals surface area contributed by atoms with Crippen LogP contribution in [0.15, 0.2) is 35.9 Å². The van der Waals surface area contributed by atoms with Gasteiger partial charge in [-0.2, -0.15) is 8.42 Å². The third-order valence-corrected chi connectivity index (χ3v) is 8.02. The lowest BCUT2D eigenvalue weighted by atomic mass is 10.0. The van der Waals surface area contributed by atoms with Crippen molar-refractivity contribution >= 4 is 17.7 Å². The first kappa shape index (κ1) is 24.1. The summed E-state index contributed by atoms with van der Waals surface area (Å²) >= 11 is 0. The molecule has 6 nitrogen and oxygen atoms in total. The molecule has 0 saturated heterocycles. The van der Waals surface area contributed by atoms with Crippen molar-refractivity contribution in [2.45, 2.75) is 70.2 Å². The SMILES string of the molecule is CCCc1ccc(CCC/C(C)=C/CCCC(P(=O)(O)O)S(=O)(=O)O)cc1. The lowest BCUT2D eigenvalue weighted by molar-refractivity contribution is 0.360. The van der Waals surface area contributed by atoms with E-state index in [-0.39, 0.29) is 12.8 Å². The van der Waals surface area contributed by atoms with E-state index in [0.717, 1.165) is 37.7 Å². The number of hydrogen-bond acceptors (Lipinski definition) is 3. The summed E-state index contributed by atoms with van der Waals surface area (Å²) in [6, 6.07) is 8.69. The number of unbranched alkanes of at least 4 members (excludes halogenated alkanes) is 1. The second-order valence-corrected chi connectivity index (χ2v) is 10.7. The highest BCUT2D eigenvalue weighted by Crippen LogP contribution is 2.46. The Bertz CT molecular complexity index is 749. The van der Waals surface area contributed by atoms with Gasteiger partial charge in [-0.1, -0.05) is 49.3 Å². The van der Waals surface area contributed by atoms with Crippen molar-refractivity contribution in [2.75, 3.05) is 0 Å². The van der Waals surface area contributed by atoms with Crippen LogP contribution in [-0.4, -0.2) is 27.7 Å². The van der Waals surface area contributed by atoms with E-state index in [1.807, 2.05) is 13.0 Å². The molecular formula is C19H31O6PS. The quantitative estimate of drug-likeness (QED) is 0.200. The Morgan fingerprint density at radius 1 is 1.11 bits per heavy atom. The molecule has 1 aromatic rings. The second-order valence-electron chi connectivity index (χ2n) is 6.96. The molecule has 0 amide bonds. The molecule has 1 rings (SSSR count). The Morgan fingerprint density at radius 2 is 1.67 bits per heavy atom. The molecule has 0 aliphatic heterocycles. The van der Waals surface area contributed by atoms with Crippen molar-refractivity contribution < 1.29 is 27.3 Å². The molecule has 0 aliphatic rings. The molecular weight excluding hydrogens is 387 g/mol. The van der Waals surface area contributed by atoms with Gasteiger partial charge in [0.1, 0.15) is 0 Å². The standard InChI is InChI=1S/C19H31O6PS/c1-3-7-17-12-14-18(15-13-17)10-6-9-16(2)8-4-5-11-19(26(20,21)22)27(23,24)25/h8,12-15,19H,3-7,9-11H2,1-2H3,(H2,20,21,22)(H,23,24,25)/b16-8+. The molecule has 0 aromatic heterocycles. The highest BCUT2D eigenvalue weighted by Gasteiger charge is 2.38. The van der Waals surface area contributed by atoms with Crippen molar-refractivity contribution in [3.63, 3.8) is 0 Å². The van der Waals surface area contributed by atoms with E-state index >= 15 is 0 Å². The summed E-state index contributed by atoms with van der Waals surface area (Å²) in [5.74, 6) is 0. The first-order valence-electron chi connectivity index (χ1n) is 9.29. The topological polar surface area (TPSA) is 112 Å². The van der Waals surface area contributed by atoms with Gasteiger partial charge in [-0.15, -0.1) is 0 Å². The minimum Gasteiger partial charge on any atom is -0.323 e. The van der Waals surface area contributed by atoms with Crippen molar-refractivity contribution in [3.8, 4) is 0 Å². The summed E-state index contributed by atoms with van der Waals surface area (Å²) in [7, 11) is -9.64. The van der Waals surface area contributed by atoms with Crippen molar-refractivity contribution in [3.05, 3.63) is 47.0 Å². The van der Waals surface area contributed by atoms with Crippen LogP contribution >= 0.6 is 7.60 Å². The number of aryl methyl sites for hydroxylation is 2. The molecule has 0 heterocycles. The monoisotopic (exact) mass is 418 g/mol. The van der Waals surface area contributed by atoms with Crippen molar-refractivity contribution in [2.24, 2.45) is 0 Å². The summed E-state index contributed by atoms with van der Waals surface area (Å²) in [6.07, 6.45) is 7.64. The van der Waals surface area contributed by atoms with Crippen LogP contribution in [0, 0.1) is 0 Å². The zero-order valence-corrected chi connectivity index (χ0v) is 17.8. The van der Waals surface area contributed by atoms with Gasteiger partial charge in [0.05, 0.1) is 0 Å². The Balaban J connectivity index is 2.37. The fourth-order valence-corrected chi connectivity index (χ4v) is 5.34. The van der Waals surface area contributed by atoms with Gasteiger partial charge in [-0.25, -0.2) is 0 Å². The molecule has 8 heteroatoms. The van der Waals surface area contributed by atoms with Gasteiger partial charge < -0.3 is 9.79 Å². The summed E-state index contributed by atoms with van der Waals surface area (Å²) < 4.78 is 42.3. The van der Waals surface area contributed by atoms with E-state index in [9.17, 15) is 13.0 Å². The lowest BCUT2D eigenvalue weighted by Gasteiger charge is -2.14. The summed E-state index contributed by atoms with van der Waals surface area (Å²) in [4.78, 5) is 16.1. The average molecular weight is 418 g/mol. The molecule has 154 valence electrons. The first-order valence-corrected chi connectivity index (χ1v) is 12.5. The molecule has 27 heavy (non-hydrogen) atoms. The maximum absolute atomic E-state index is 11.2. The van der Waals surface area contributed by atoms with Crippen LogP contribution in [0.3, 0.4) is 0 Å². The van der Waals surface area contributed by atoms with Crippen LogP contribution in [0.2, 0.25) is 0 Å². The predicted octanol–water partition coefficient (Wildman–Crippen LogP) is 4.47. The lowest BCUT2D eigenvalue weighted by Crippen LogP contribution is -2.20. The Morgan fingerprint density at radius 3 is 2.15 bits per heavy atom. The van der Waals surface area contributed by atoms with Crippen LogP contribution in [0.4, 0.5) is 0 Å². The fraction of sp³-hybridized carbons (Fsp3) is 0.579. The molecule has 1 unspecified atom stereocenters. The zero-order chi connectivity index (χ0) is 20.5.